The van der Waals surface area contributed by atoms with Gasteiger partial charge in [-0.1, -0.05) is 94.8 Å². The molecule has 0 spiro atoms. The first kappa shape index (κ1) is 28.8. The van der Waals surface area contributed by atoms with Crippen molar-refractivity contribution < 1.29 is 18.8 Å². The van der Waals surface area contributed by atoms with Crippen LogP contribution in [0.3, 0.4) is 0 Å². The van der Waals surface area contributed by atoms with Crippen LogP contribution in [0.4, 0.5) is 15.8 Å². The number of hydrogen-bond acceptors (Lipinski definition) is 6. The maximum atomic E-state index is 14.0. The second-order valence-corrected chi connectivity index (χ2v) is 13.3. The molecule has 3 amide bonds. The van der Waals surface area contributed by atoms with Crippen LogP contribution in [0.15, 0.2) is 94.7 Å². The highest BCUT2D eigenvalue weighted by Crippen LogP contribution is 2.55. The summed E-state index contributed by atoms with van der Waals surface area (Å²) in [5, 5.41) is 4.67. The molecule has 1 aromatic heterocycles. The van der Waals surface area contributed by atoms with Crippen molar-refractivity contribution in [3.05, 3.63) is 121 Å². The Bertz CT molecular complexity index is 2060. The quantitative estimate of drug-likeness (QED) is 0.206. The Balaban J connectivity index is 1.30. The number of thiazole rings is 1. The Labute approximate surface area is 268 Å². The zero-order valence-corrected chi connectivity index (χ0v) is 25.6. The molecule has 2 aliphatic heterocycles. The van der Waals surface area contributed by atoms with E-state index in [0.717, 1.165) is 38.8 Å². The lowest BCUT2D eigenvalue weighted by atomic mass is 9.83. The molecule has 3 heterocycles. The van der Waals surface area contributed by atoms with E-state index < -0.39 is 45.5 Å². The molecule has 1 N–H and O–H groups in total. The molecule has 0 radical (unpaired) electrons. The van der Waals surface area contributed by atoms with Crippen molar-refractivity contribution in [3.63, 3.8) is 0 Å². The van der Waals surface area contributed by atoms with Gasteiger partial charge in [-0.25, -0.2) is 9.29 Å². The van der Waals surface area contributed by atoms with Crippen LogP contribution in [-0.4, -0.2) is 27.5 Å². The molecule has 0 aliphatic carbocycles. The van der Waals surface area contributed by atoms with Gasteiger partial charge in [-0.2, -0.15) is 0 Å². The zero-order chi connectivity index (χ0) is 30.7. The lowest BCUT2D eigenvalue weighted by Crippen LogP contribution is -2.33. The standard InChI is InChI=1S/C32H20Cl2FN3O4S2/c33-21-9-4-8-20(26(21)34)24-25-27(30(41)38(29(25)40)18-13-11-17(35)12-14-18)43-31-28(24)44-32(42)37(31)15-23(39)36-22-10-3-6-16-5-1-2-7-19(16)22/h1-14,24-25,27H,15H2,(H,36,39). The SMILES string of the molecule is O=C(Cn1c2c(sc1=O)C(c1cccc(Cl)c1Cl)C1C(=O)N(c3ccc(F)cc3)C(=O)C1S2)Nc1cccc2ccccc12. The molecule has 0 bridgehead atoms. The molecule has 44 heavy (non-hydrogen) atoms. The van der Waals surface area contributed by atoms with Gasteiger partial charge in [0.2, 0.25) is 17.7 Å². The van der Waals surface area contributed by atoms with Gasteiger partial charge >= 0.3 is 4.87 Å². The van der Waals surface area contributed by atoms with E-state index in [1.54, 1.807) is 24.3 Å². The van der Waals surface area contributed by atoms with Gasteiger partial charge in [0.05, 0.1) is 26.7 Å². The molecule has 7 rings (SSSR count). The van der Waals surface area contributed by atoms with Gasteiger partial charge in [0.25, 0.3) is 0 Å². The number of nitrogens with zero attached hydrogens (tertiary/aromatic N) is 2. The first-order valence-corrected chi connectivity index (χ1v) is 15.9. The number of carbonyl (C=O) groups excluding carboxylic acids is 3. The summed E-state index contributed by atoms with van der Waals surface area (Å²) < 4.78 is 15.0. The number of aromatic nitrogens is 1. The molecule has 5 aromatic rings. The van der Waals surface area contributed by atoms with E-state index in [1.165, 1.54) is 28.8 Å². The summed E-state index contributed by atoms with van der Waals surface area (Å²) in [6, 6.07) is 23.3. The van der Waals surface area contributed by atoms with Crippen LogP contribution in [0.1, 0.15) is 16.4 Å². The van der Waals surface area contributed by atoms with E-state index in [4.69, 9.17) is 23.2 Å². The molecule has 1 saturated heterocycles. The van der Waals surface area contributed by atoms with Gasteiger partial charge in [-0.15, -0.1) is 0 Å². The second kappa shape index (κ2) is 11.2. The Kier molecular flexibility index (Phi) is 7.32. The number of carbonyl (C=O) groups is 3. The summed E-state index contributed by atoms with van der Waals surface area (Å²) in [7, 11) is 0. The molecule has 0 saturated carbocycles. The lowest BCUT2D eigenvalue weighted by Gasteiger charge is -2.31. The Morgan fingerprint density at radius 1 is 0.886 bits per heavy atom. The fourth-order valence-electron chi connectivity index (χ4n) is 5.86. The fourth-order valence-corrected chi connectivity index (χ4v) is 9.05. The van der Waals surface area contributed by atoms with Gasteiger partial charge in [-0.05, 0) is 47.3 Å². The van der Waals surface area contributed by atoms with Crippen molar-refractivity contribution in [2.75, 3.05) is 10.2 Å². The van der Waals surface area contributed by atoms with Crippen LogP contribution in [-0.2, 0) is 20.9 Å². The highest BCUT2D eigenvalue weighted by Gasteiger charge is 2.57. The summed E-state index contributed by atoms with van der Waals surface area (Å²) in [6.07, 6.45) is 0. The van der Waals surface area contributed by atoms with E-state index in [1.807, 2.05) is 36.4 Å². The molecule has 1 fully saturated rings. The number of hydrogen-bond donors (Lipinski definition) is 1. The van der Waals surface area contributed by atoms with E-state index >= 15 is 0 Å². The number of amides is 3. The topological polar surface area (TPSA) is 88.5 Å². The molecule has 220 valence electrons. The molecule has 12 heteroatoms. The number of fused-ring (bicyclic) bond motifs is 3. The van der Waals surface area contributed by atoms with E-state index in [9.17, 15) is 23.6 Å². The fraction of sp³-hybridized carbons (Fsp3) is 0.125. The van der Waals surface area contributed by atoms with Crippen LogP contribution in [0.25, 0.3) is 10.8 Å². The van der Waals surface area contributed by atoms with Crippen molar-refractivity contribution >= 4 is 86.2 Å². The predicted octanol–water partition coefficient (Wildman–Crippen LogP) is 6.94. The monoisotopic (exact) mass is 663 g/mol. The summed E-state index contributed by atoms with van der Waals surface area (Å²) in [4.78, 5) is 55.8. The average molecular weight is 665 g/mol. The third kappa shape index (κ3) is 4.73. The average Bonchev–Trinajstić information content (AvgIpc) is 3.45. The maximum absolute atomic E-state index is 14.0. The number of benzene rings is 4. The maximum Gasteiger partial charge on any atom is 0.308 e. The molecular weight excluding hydrogens is 644 g/mol. The molecule has 3 unspecified atom stereocenters. The van der Waals surface area contributed by atoms with Gasteiger partial charge in [-0.3, -0.25) is 23.7 Å². The summed E-state index contributed by atoms with van der Waals surface area (Å²) in [5.74, 6) is -3.63. The number of anilines is 2. The first-order valence-electron chi connectivity index (χ1n) is 13.5. The molecule has 7 nitrogen and oxygen atoms in total. The summed E-state index contributed by atoms with van der Waals surface area (Å²) in [6.45, 7) is -0.307. The molecular formula is C32H20Cl2FN3O4S2. The Morgan fingerprint density at radius 2 is 1.61 bits per heavy atom. The van der Waals surface area contributed by atoms with Crippen molar-refractivity contribution in [2.24, 2.45) is 5.92 Å². The van der Waals surface area contributed by atoms with Crippen molar-refractivity contribution in [2.45, 2.75) is 22.7 Å². The lowest BCUT2D eigenvalue weighted by molar-refractivity contribution is -0.122. The van der Waals surface area contributed by atoms with Gasteiger partial charge in [0.15, 0.2) is 0 Å². The summed E-state index contributed by atoms with van der Waals surface area (Å²) >= 11 is 15.0. The van der Waals surface area contributed by atoms with Crippen molar-refractivity contribution in [3.8, 4) is 0 Å². The minimum Gasteiger partial charge on any atom is -0.324 e. The number of nitrogens with one attached hydrogen (secondary N) is 1. The third-order valence-corrected chi connectivity index (χ3v) is 11.3. The molecule has 4 aromatic carbocycles. The third-order valence-electron chi connectivity index (χ3n) is 7.82. The normalized spacial score (nSPS) is 19.2. The van der Waals surface area contributed by atoms with Crippen LogP contribution in [0.2, 0.25) is 10.0 Å². The van der Waals surface area contributed by atoms with Crippen molar-refractivity contribution in [1.82, 2.24) is 4.57 Å². The largest absolute Gasteiger partial charge is 0.324 e. The smallest absolute Gasteiger partial charge is 0.308 e. The summed E-state index contributed by atoms with van der Waals surface area (Å²) in [5.41, 5.74) is 1.34. The Hall–Kier alpha value is -3.96. The van der Waals surface area contributed by atoms with Crippen LogP contribution < -0.4 is 15.1 Å². The predicted molar refractivity (Wildman–Crippen MR) is 171 cm³/mol. The van der Waals surface area contributed by atoms with E-state index in [0.29, 0.717) is 21.2 Å². The minimum absolute atomic E-state index is 0.206. The number of rotatable bonds is 5. The van der Waals surface area contributed by atoms with Crippen LogP contribution in [0, 0.1) is 11.7 Å². The highest BCUT2D eigenvalue weighted by molar-refractivity contribution is 8.00. The van der Waals surface area contributed by atoms with Gasteiger partial charge < -0.3 is 5.32 Å². The van der Waals surface area contributed by atoms with E-state index in [-0.39, 0.29) is 22.3 Å². The van der Waals surface area contributed by atoms with E-state index in [2.05, 4.69) is 5.32 Å². The van der Waals surface area contributed by atoms with Crippen LogP contribution in [0.5, 0.6) is 0 Å². The highest BCUT2D eigenvalue weighted by atomic mass is 35.5. The Morgan fingerprint density at radius 3 is 2.41 bits per heavy atom. The first-order chi connectivity index (χ1) is 21.2. The van der Waals surface area contributed by atoms with Gasteiger partial charge in [0.1, 0.15) is 17.6 Å². The number of halogens is 3. The second-order valence-electron chi connectivity index (χ2n) is 10.4. The number of thioether (sulfide) groups is 1. The minimum atomic E-state index is -0.929. The molecule has 3 atom stereocenters. The zero-order valence-electron chi connectivity index (χ0n) is 22.5. The molecule has 2 aliphatic rings. The van der Waals surface area contributed by atoms with Gasteiger partial charge in [0, 0.05) is 21.9 Å². The van der Waals surface area contributed by atoms with Crippen molar-refractivity contribution in [1.29, 1.82) is 0 Å². The van der Waals surface area contributed by atoms with Crippen LogP contribution >= 0.6 is 46.3 Å². The number of imide groups is 1.